The van der Waals surface area contributed by atoms with Crippen molar-refractivity contribution in [1.82, 2.24) is 36.8 Å². The number of methoxy groups -OCH3 is 1. The molecule has 1 aliphatic carbocycles. The Hall–Kier alpha value is -5.39. The van der Waals surface area contributed by atoms with Crippen molar-refractivity contribution in [3.8, 4) is 5.75 Å². The van der Waals surface area contributed by atoms with Gasteiger partial charge in [0.1, 0.15) is 48.0 Å². The third-order valence-corrected chi connectivity index (χ3v) is 13.1. The summed E-state index contributed by atoms with van der Waals surface area (Å²) >= 11 is 9.75. The minimum absolute atomic E-state index is 0.00468. The van der Waals surface area contributed by atoms with E-state index in [1.165, 1.54) is 31.1 Å². The maximum atomic E-state index is 14.1. The van der Waals surface area contributed by atoms with Crippen LogP contribution >= 0.6 is 24.8 Å². The molecule has 8 amide bonds. The van der Waals surface area contributed by atoms with Crippen molar-refractivity contribution in [1.29, 1.82) is 0 Å². The summed E-state index contributed by atoms with van der Waals surface area (Å²) in [5.74, 6) is -8.22. The highest BCUT2D eigenvalue weighted by atomic mass is 32.1. The molecule has 2 aliphatic rings. The third-order valence-electron chi connectivity index (χ3n) is 12.2. The van der Waals surface area contributed by atoms with Gasteiger partial charge < -0.3 is 63.2 Å². The van der Waals surface area contributed by atoms with Crippen molar-refractivity contribution in [3.05, 3.63) is 29.8 Å². The van der Waals surface area contributed by atoms with Gasteiger partial charge >= 0.3 is 5.97 Å². The number of esters is 1. The van der Waals surface area contributed by atoms with E-state index in [1.807, 2.05) is 0 Å². The van der Waals surface area contributed by atoms with Crippen LogP contribution in [0.25, 0.3) is 0 Å². The molecule has 0 radical (unpaired) electrons. The van der Waals surface area contributed by atoms with Gasteiger partial charge in [-0.25, -0.2) is 4.79 Å². The Morgan fingerprint density at radius 1 is 0.838 bits per heavy atom. The minimum Gasteiger partial charge on any atom is -0.508 e. The lowest BCUT2D eigenvalue weighted by molar-refractivity contribution is -0.147. The first kappa shape index (κ1) is 56.9. The number of thiol groups is 1. The number of hydrogen-bond acceptors (Lipinski definition) is 15. The summed E-state index contributed by atoms with van der Waals surface area (Å²) < 4.78 is 4.80. The van der Waals surface area contributed by atoms with Crippen LogP contribution in [0.3, 0.4) is 0 Å². The van der Waals surface area contributed by atoms with Crippen LogP contribution in [-0.4, -0.2) is 148 Å². The number of nitrogens with one attached hydrogen (secondary N) is 6. The van der Waals surface area contributed by atoms with Gasteiger partial charge in [-0.15, -0.1) is 0 Å². The Kier molecular flexibility index (Phi) is 23.6. The van der Waals surface area contributed by atoms with Crippen molar-refractivity contribution < 1.29 is 58.1 Å². The highest BCUT2D eigenvalue weighted by Crippen LogP contribution is 2.25. The Morgan fingerprint density at radius 3 is 2.06 bits per heavy atom. The predicted molar refractivity (Wildman–Crippen MR) is 256 cm³/mol. The highest BCUT2D eigenvalue weighted by Gasteiger charge is 2.40. The van der Waals surface area contributed by atoms with Crippen LogP contribution in [-0.2, 0) is 54.3 Å². The van der Waals surface area contributed by atoms with Crippen molar-refractivity contribution in [2.24, 2.45) is 23.3 Å². The molecule has 1 saturated heterocycles. The Labute approximate surface area is 407 Å². The number of carbonyl (C=O) groups is 9. The molecule has 23 heteroatoms. The van der Waals surface area contributed by atoms with E-state index in [4.69, 9.17) is 28.4 Å². The smallest absolute Gasteiger partial charge is 0.328 e. The predicted octanol–water partition coefficient (Wildman–Crippen LogP) is -1.07. The maximum Gasteiger partial charge on any atom is 0.328 e. The number of benzene rings is 1. The number of thiocarbonyl (C=S) groups is 1. The van der Waals surface area contributed by atoms with E-state index in [1.54, 1.807) is 26.0 Å². The molecule has 378 valence electrons. The number of ether oxygens (including phenoxy) is 1. The number of nitrogens with zero attached hydrogens (tertiary/aromatic N) is 1. The first-order valence-corrected chi connectivity index (χ1v) is 24.1. The van der Waals surface area contributed by atoms with E-state index in [9.17, 15) is 53.4 Å². The molecule has 2 fully saturated rings. The van der Waals surface area contributed by atoms with E-state index < -0.39 is 114 Å². The number of aliphatic hydroxyl groups excluding tert-OH is 1. The average molecular weight is 992 g/mol. The number of phenolic OH excluding ortho intramolecular Hbond substituents is 1. The maximum absolute atomic E-state index is 14.1. The zero-order chi connectivity index (χ0) is 50.7. The molecule has 3 rings (SSSR count). The number of rotatable bonds is 26. The van der Waals surface area contributed by atoms with Crippen LogP contribution in [0.5, 0.6) is 5.75 Å². The molecule has 10 atom stereocenters. The SMILES string of the molecule is CCC(C)C(NC(=O)C(Cc1ccc(O)cc1)NC(=O)CC1CCCCC1=S)C(=O)NC(C(=O)NC(CC(N)=O)C(=O)NC(CS)C(=O)N1CCCC1C(=O)NC(CCCN)C(=O)OC)C(C)O. The summed E-state index contributed by atoms with van der Waals surface area (Å²) in [6.45, 7) is 5.01. The number of likely N-dealkylation sites (tertiary alicyclic amines) is 1. The molecule has 1 aromatic rings. The fraction of sp³-hybridized carbons (Fsp3) is 0.644. The van der Waals surface area contributed by atoms with Crippen molar-refractivity contribution >= 4 is 82.9 Å². The largest absolute Gasteiger partial charge is 0.508 e. The molecule has 0 aromatic heterocycles. The first-order valence-electron chi connectivity index (χ1n) is 23.0. The van der Waals surface area contributed by atoms with Gasteiger partial charge in [0, 0.05) is 25.1 Å². The number of hydrogen-bond donors (Lipinski definition) is 11. The average Bonchev–Trinajstić information content (AvgIpc) is 3.80. The second-order valence-electron chi connectivity index (χ2n) is 17.4. The molecule has 0 bridgehead atoms. The lowest BCUT2D eigenvalue weighted by atomic mass is 9.86. The van der Waals surface area contributed by atoms with Gasteiger partial charge in [-0.1, -0.05) is 51.0 Å². The molecule has 1 heterocycles. The topological polar surface area (TPSA) is 331 Å². The molecule has 1 aliphatic heterocycles. The number of aromatic hydroxyl groups is 1. The first-order chi connectivity index (χ1) is 32.2. The lowest BCUT2D eigenvalue weighted by Gasteiger charge is -2.31. The fourth-order valence-electron chi connectivity index (χ4n) is 8.04. The zero-order valence-electron chi connectivity index (χ0n) is 39.1. The van der Waals surface area contributed by atoms with Gasteiger partial charge in [0.05, 0.1) is 19.6 Å². The molecular weight excluding hydrogens is 923 g/mol. The summed E-state index contributed by atoms with van der Waals surface area (Å²) in [6.07, 6.45) is 2.69. The summed E-state index contributed by atoms with van der Waals surface area (Å²) in [5, 5.41) is 36.0. The molecule has 12 N–H and O–H groups in total. The zero-order valence-corrected chi connectivity index (χ0v) is 40.8. The molecule has 0 spiro atoms. The normalized spacial score (nSPS) is 19.3. The standard InChI is InChI=1S/C45H69N9O12S2/c1-5-24(2)37(52-40(60)30(20-26-14-16-28(56)17-15-26)48-36(58)21-27-10-6-7-13-34(27)68)42(62)53-38(25(3)55)43(63)50-31(22-35(47)57)39(59)51-32(23-67)44(64)54-19-9-12-33(54)41(61)49-29(11-8-18-46)45(65)66-4/h14-17,24-25,27,29-33,37-38,55-56,67H,5-13,18-23,46H2,1-4H3,(H2,47,57)(H,48,58)(H,49,61)(H,50,63)(H,51,59)(H,52,60)(H,53,62). The summed E-state index contributed by atoms with van der Waals surface area (Å²) in [7, 11) is 1.17. The lowest BCUT2D eigenvalue weighted by Crippen LogP contribution is -2.63. The van der Waals surface area contributed by atoms with Crippen LogP contribution in [0.2, 0.25) is 0 Å². The Bertz CT molecular complexity index is 1960. The number of primary amides is 1. The fourth-order valence-corrected chi connectivity index (χ4v) is 8.64. The van der Waals surface area contributed by atoms with Gasteiger partial charge in [-0.05, 0) is 92.8 Å². The van der Waals surface area contributed by atoms with Gasteiger partial charge in [-0.3, -0.25) is 38.4 Å². The monoisotopic (exact) mass is 991 g/mol. The second-order valence-corrected chi connectivity index (χ2v) is 18.3. The quantitative estimate of drug-likeness (QED) is 0.0299. The van der Waals surface area contributed by atoms with Crippen molar-refractivity contribution in [2.75, 3.05) is 26.0 Å². The van der Waals surface area contributed by atoms with Crippen molar-refractivity contribution in [2.45, 2.75) is 146 Å². The van der Waals surface area contributed by atoms with Crippen LogP contribution in [0.1, 0.15) is 97.0 Å². The summed E-state index contributed by atoms with van der Waals surface area (Å²) in [5.41, 5.74) is 11.6. The van der Waals surface area contributed by atoms with Gasteiger partial charge in [0.15, 0.2) is 0 Å². The van der Waals surface area contributed by atoms with Gasteiger partial charge in [-0.2, -0.15) is 12.6 Å². The van der Waals surface area contributed by atoms with Gasteiger partial charge in [0.25, 0.3) is 0 Å². The number of nitrogens with two attached hydrogens (primary N) is 2. The molecule has 10 unspecified atom stereocenters. The number of amides is 8. The van der Waals surface area contributed by atoms with Crippen molar-refractivity contribution in [3.63, 3.8) is 0 Å². The molecule has 1 aromatic carbocycles. The van der Waals surface area contributed by atoms with Gasteiger partial charge in [0.2, 0.25) is 47.3 Å². The molecule has 21 nitrogen and oxygen atoms in total. The summed E-state index contributed by atoms with van der Waals surface area (Å²) in [6, 6.07) is -3.33. The summed E-state index contributed by atoms with van der Waals surface area (Å²) in [4.78, 5) is 123. The minimum atomic E-state index is -1.76. The van der Waals surface area contributed by atoms with Crippen LogP contribution in [0, 0.1) is 11.8 Å². The van der Waals surface area contributed by atoms with Crippen LogP contribution < -0.4 is 43.4 Å². The molecule has 1 saturated carbocycles. The molecular formula is C45H69N9O12S2. The number of carbonyl (C=O) groups excluding carboxylic acids is 9. The van der Waals surface area contributed by atoms with E-state index in [2.05, 4.69) is 44.5 Å². The van der Waals surface area contributed by atoms with Crippen LogP contribution in [0.4, 0.5) is 0 Å². The number of phenols is 1. The van der Waals surface area contributed by atoms with E-state index in [0.717, 1.165) is 30.5 Å². The Morgan fingerprint density at radius 2 is 1.47 bits per heavy atom. The van der Waals surface area contributed by atoms with E-state index in [0.29, 0.717) is 24.8 Å². The third kappa shape index (κ3) is 17.3. The highest BCUT2D eigenvalue weighted by molar-refractivity contribution is 7.80. The van der Waals surface area contributed by atoms with Crippen LogP contribution in [0.15, 0.2) is 24.3 Å². The number of aliphatic hydroxyl groups is 1. The van der Waals surface area contributed by atoms with E-state index >= 15 is 0 Å². The Balaban J connectivity index is 1.78. The molecule has 68 heavy (non-hydrogen) atoms. The second kappa shape index (κ2) is 28.2. The van der Waals surface area contributed by atoms with E-state index in [-0.39, 0.29) is 56.2 Å².